The van der Waals surface area contributed by atoms with Gasteiger partial charge in [0.1, 0.15) is 0 Å². The lowest BCUT2D eigenvalue weighted by atomic mass is 10.5. The first-order chi connectivity index (χ1) is 4.41. The van der Waals surface area contributed by atoms with E-state index in [1.165, 1.54) is 0 Å². The van der Waals surface area contributed by atoms with Crippen molar-refractivity contribution < 1.29 is 10.0 Å². The third kappa shape index (κ3) is 7.48. The molecule has 0 spiro atoms. The lowest BCUT2D eigenvalue weighted by Gasteiger charge is -2.05. The van der Waals surface area contributed by atoms with Crippen molar-refractivity contribution in [1.29, 1.82) is 0 Å². The Kier molecular flexibility index (Phi) is 7.06. The molecule has 1 aliphatic heterocycles. The number of nitrogens with one attached hydrogen (secondary N) is 2. The van der Waals surface area contributed by atoms with Crippen molar-refractivity contribution in [2.24, 2.45) is 0 Å². The molecule has 0 bridgehead atoms. The maximum atomic E-state index is 7.12. The zero-order valence-corrected chi connectivity index (χ0v) is 5.17. The predicted molar refractivity (Wildman–Crippen MR) is 36.7 cm³/mol. The highest BCUT2D eigenvalue weighted by Crippen LogP contribution is 1.68. The Bertz CT molecular complexity index is 71.0. The molecule has 1 rings (SSSR count). The first-order valence-corrected chi connectivity index (χ1v) is 2.72. The van der Waals surface area contributed by atoms with Gasteiger partial charge in [-0.25, -0.2) is 0 Å². The third-order valence-corrected chi connectivity index (χ3v) is 0.725. The molecule has 0 aliphatic carbocycles. The zero-order chi connectivity index (χ0) is 6.95. The van der Waals surface area contributed by atoms with Crippen LogP contribution in [0.5, 0.6) is 0 Å². The van der Waals surface area contributed by atoms with Crippen LogP contribution in [0.1, 0.15) is 0 Å². The Morgan fingerprint density at radius 3 is 2.22 bits per heavy atom. The molecule has 0 saturated carbocycles. The molecule has 9 heavy (non-hydrogen) atoms. The Morgan fingerprint density at radius 1 is 1.44 bits per heavy atom. The first-order valence-electron chi connectivity index (χ1n) is 2.72. The topological polar surface area (TPSA) is 64.5 Å². The average Bonchev–Trinajstić information content (AvgIpc) is 1.93. The van der Waals surface area contributed by atoms with Crippen molar-refractivity contribution in [1.82, 2.24) is 10.6 Å². The van der Waals surface area contributed by atoms with Crippen molar-refractivity contribution in [2.75, 3.05) is 13.2 Å². The van der Waals surface area contributed by atoms with Crippen LogP contribution >= 0.6 is 0 Å². The fraction of sp³-hybridized carbons (Fsp3) is 0.500. The fourth-order valence-electron chi connectivity index (χ4n) is 0.429. The number of rotatable bonds is 0. The molecule has 0 saturated heterocycles. The summed E-state index contributed by atoms with van der Waals surface area (Å²) in [4.78, 5) is 0. The van der Waals surface area contributed by atoms with Gasteiger partial charge in [0.2, 0.25) is 0 Å². The van der Waals surface area contributed by atoms with Crippen LogP contribution < -0.4 is 10.6 Å². The van der Waals surface area contributed by atoms with E-state index in [9.17, 15) is 0 Å². The van der Waals surface area contributed by atoms with Gasteiger partial charge in [-0.2, -0.15) is 0 Å². The van der Waals surface area contributed by atoms with Gasteiger partial charge in [-0.05, 0) is 6.20 Å². The number of hydrogen-bond donors (Lipinski definition) is 4. The Hall–Kier alpha value is -0.515. The van der Waals surface area contributed by atoms with Crippen LogP contribution in [-0.2, 0) is 0 Å². The van der Waals surface area contributed by atoms with E-state index in [2.05, 4.69) is 10.6 Å². The summed E-state index contributed by atoms with van der Waals surface area (Å²) < 4.78 is 0. The monoisotopic (exact) mass is 130 g/mol. The standard InChI is InChI=1S/C4H8N2.BH3O2/c1-2-5-4-6-3-1;2-1-3/h1-2,5-6H,3-4H2;1-3H. The van der Waals surface area contributed by atoms with E-state index in [4.69, 9.17) is 10.0 Å². The van der Waals surface area contributed by atoms with Gasteiger partial charge in [-0.3, -0.25) is 5.32 Å². The molecule has 0 unspecified atom stereocenters. The minimum Gasteiger partial charge on any atom is -0.430 e. The molecule has 5 heteroatoms. The second-order valence-corrected chi connectivity index (χ2v) is 1.38. The van der Waals surface area contributed by atoms with E-state index in [1.54, 1.807) is 0 Å². The smallest absolute Gasteiger partial charge is 0.430 e. The van der Waals surface area contributed by atoms with Crippen molar-refractivity contribution in [2.45, 2.75) is 0 Å². The van der Waals surface area contributed by atoms with Crippen LogP contribution in [0.2, 0.25) is 0 Å². The molecule has 1 heterocycles. The normalized spacial score (nSPS) is 14.9. The summed E-state index contributed by atoms with van der Waals surface area (Å²) in [5.41, 5.74) is 0. The van der Waals surface area contributed by atoms with Gasteiger partial charge in [0.15, 0.2) is 0 Å². The minimum absolute atomic E-state index is 0.750. The van der Waals surface area contributed by atoms with Crippen LogP contribution in [0.25, 0.3) is 0 Å². The summed E-state index contributed by atoms with van der Waals surface area (Å²) in [7, 11) is -0.750. The lowest BCUT2D eigenvalue weighted by molar-refractivity contribution is 0.448. The van der Waals surface area contributed by atoms with E-state index in [-0.39, 0.29) is 0 Å². The van der Waals surface area contributed by atoms with Gasteiger partial charge in [-0.15, -0.1) is 0 Å². The maximum Gasteiger partial charge on any atom is 0.432 e. The van der Waals surface area contributed by atoms with Gasteiger partial charge in [0.25, 0.3) is 0 Å². The van der Waals surface area contributed by atoms with E-state index in [0.29, 0.717) is 0 Å². The average molecular weight is 130 g/mol. The van der Waals surface area contributed by atoms with E-state index < -0.39 is 7.69 Å². The van der Waals surface area contributed by atoms with Gasteiger partial charge in [0, 0.05) is 6.54 Å². The highest BCUT2D eigenvalue weighted by molar-refractivity contribution is 6.13. The van der Waals surface area contributed by atoms with Crippen molar-refractivity contribution in [3.63, 3.8) is 0 Å². The summed E-state index contributed by atoms with van der Waals surface area (Å²) in [6.45, 7) is 1.92. The predicted octanol–water partition coefficient (Wildman–Crippen LogP) is -2.11. The summed E-state index contributed by atoms with van der Waals surface area (Å²) >= 11 is 0. The largest absolute Gasteiger partial charge is 0.432 e. The molecule has 0 radical (unpaired) electrons. The highest BCUT2D eigenvalue weighted by Gasteiger charge is 1.81. The quantitative estimate of drug-likeness (QED) is 0.283. The van der Waals surface area contributed by atoms with Crippen molar-refractivity contribution in [3.05, 3.63) is 12.3 Å². The molecular formula is C4H11BN2O2. The van der Waals surface area contributed by atoms with Gasteiger partial charge in [-0.1, -0.05) is 6.08 Å². The number of hydrogen-bond acceptors (Lipinski definition) is 4. The summed E-state index contributed by atoms with van der Waals surface area (Å²) in [6, 6.07) is 0. The molecule has 0 amide bonds. The Labute approximate surface area is 54.9 Å². The van der Waals surface area contributed by atoms with Crippen LogP contribution in [-0.4, -0.2) is 30.9 Å². The molecule has 0 fully saturated rings. The molecule has 0 aromatic rings. The van der Waals surface area contributed by atoms with Gasteiger partial charge in [0.05, 0.1) is 6.67 Å². The van der Waals surface area contributed by atoms with Crippen molar-refractivity contribution >= 4 is 7.69 Å². The lowest BCUT2D eigenvalue weighted by Crippen LogP contribution is -2.29. The molecule has 52 valence electrons. The summed E-state index contributed by atoms with van der Waals surface area (Å²) in [6.07, 6.45) is 4.00. The van der Waals surface area contributed by atoms with Crippen molar-refractivity contribution in [3.8, 4) is 0 Å². The molecular weight excluding hydrogens is 119 g/mol. The van der Waals surface area contributed by atoms with Crippen LogP contribution in [0.15, 0.2) is 12.3 Å². The molecule has 1 aliphatic rings. The summed E-state index contributed by atoms with van der Waals surface area (Å²) in [5.74, 6) is 0. The zero-order valence-electron chi connectivity index (χ0n) is 5.17. The van der Waals surface area contributed by atoms with E-state index in [0.717, 1.165) is 13.2 Å². The Morgan fingerprint density at radius 2 is 2.11 bits per heavy atom. The summed E-state index contributed by atoms with van der Waals surface area (Å²) in [5, 5.41) is 20.3. The SMILES string of the molecule is C1=CNCNC1.OBO. The second kappa shape index (κ2) is 7.48. The minimum atomic E-state index is -0.750. The van der Waals surface area contributed by atoms with E-state index in [1.807, 2.05) is 12.3 Å². The second-order valence-electron chi connectivity index (χ2n) is 1.38. The van der Waals surface area contributed by atoms with E-state index >= 15 is 0 Å². The molecule has 4 nitrogen and oxygen atoms in total. The first kappa shape index (κ1) is 8.48. The fourth-order valence-corrected chi connectivity index (χ4v) is 0.429. The molecule has 0 aromatic carbocycles. The maximum absolute atomic E-state index is 7.12. The Balaban J connectivity index is 0.000000187. The molecule has 0 aromatic heterocycles. The van der Waals surface area contributed by atoms with Crippen LogP contribution in [0, 0.1) is 0 Å². The third-order valence-electron chi connectivity index (χ3n) is 0.725. The molecule has 0 atom stereocenters. The van der Waals surface area contributed by atoms with Crippen LogP contribution in [0.3, 0.4) is 0 Å². The van der Waals surface area contributed by atoms with Crippen LogP contribution in [0.4, 0.5) is 0 Å². The molecule has 4 N–H and O–H groups in total. The highest BCUT2D eigenvalue weighted by atomic mass is 16.4. The van der Waals surface area contributed by atoms with Gasteiger partial charge < -0.3 is 15.4 Å². The van der Waals surface area contributed by atoms with Gasteiger partial charge >= 0.3 is 7.69 Å².